The smallest absolute Gasteiger partial charge is 0.246 e. The normalized spacial score (nSPS) is 16.8. The Kier molecular flexibility index (Phi) is 1.46. The average molecular weight is 169 g/mol. The highest BCUT2D eigenvalue weighted by Gasteiger charge is 2.23. The number of rotatable bonds is 2. The predicted octanol–water partition coefficient (Wildman–Crippen LogP) is -0.715. The van der Waals surface area contributed by atoms with Gasteiger partial charge in [0.15, 0.2) is 0 Å². The van der Waals surface area contributed by atoms with Crippen molar-refractivity contribution in [1.82, 2.24) is 14.3 Å². The van der Waals surface area contributed by atoms with E-state index in [0.717, 1.165) is 12.8 Å². The predicted molar refractivity (Wildman–Crippen MR) is 43.0 cm³/mol. The first-order chi connectivity index (χ1) is 5.68. The molecule has 1 aliphatic carbocycles. The Morgan fingerprint density at radius 2 is 2.17 bits per heavy atom. The summed E-state index contributed by atoms with van der Waals surface area (Å²) in [7, 11) is 1.55. The fraction of sp³-hybridized carbons (Fsp3) is 0.714. The molecular weight excluding hydrogens is 158 g/mol. The highest BCUT2D eigenvalue weighted by Crippen LogP contribution is 2.29. The average Bonchev–Trinajstić information content (AvgIpc) is 2.77. The first kappa shape index (κ1) is 7.39. The molecule has 66 valence electrons. The molecule has 0 aliphatic heterocycles. The van der Waals surface area contributed by atoms with Gasteiger partial charge >= 0.3 is 11.4 Å². The zero-order valence-corrected chi connectivity index (χ0v) is 6.91. The van der Waals surface area contributed by atoms with Gasteiger partial charge in [-0.3, -0.25) is 0 Å². The van der Waals surface area contributed by atoms with Crippen molar-refractivity contribution in [2.75, 3.05) is 0 Å². The Morgan fingerprint density at radius 1 is 1.50 bits per heavy atom. The molecule has 0 unspecified atom stereocenters. The van der Waals surface area contributed by atoms with E-state index in [4.69, 9.17) is 0 Å². The molecule has 12 heavy (non-hydrogen) atoms. The highest BCUT2D eigenvalue weighted by molar-refractivity contribution is 4.77. The summed E-state index contributed by atoms with van der Waals surface area (Å²) in [5.74, 6) is 0.547. The summed E-state index contributed by atoms with van der Waals surface area (Å²) < 4.78 is 2.47. The SMILES string of the molecule is Cn1[nH]c(=O)n(CC2CC2)c1=O. The van der Waals surface area contributed by atoms with E-state index in [2.05, 4.69) is 5.10 Å². The molecule has 5 nitrogen and oxygen atoms in total. The van der Waals surface area contributed by atoms with E-state index in [1.807, 2.05) is 0 Å². The van der Waals surface area contributed by atoms with E-state index in [0.29, 0.717) is 12.5 Å². The molecule has 2 rings (SSSR count). The molecule has 0 bridgehead atoms. The third-order valence-corrected chi connectivity index (χ3v) is 2.16. The van der Waals surface area contributed by atoms with Crippen molar-refractivity contribution < 1.29 is 0 Å². The minimum Gasteiger partial charge on any atom is -0.246 e. The molecular formula is C7H11N3O2. The van der Waals surface area contributed by atoms with Gasteiger partial charge in [0, 0.05) is 13.6 Å². The number of aryl methyl sites for hydroxylation is 1. The lowest BCUT2D eigenvalue weighted by molar-refractivity contribution is 0.583. The molecule has 0 saturated heterocycles. The molecule has 0 spiro atoms. The molecule has 1 saturated carbocycles. The van der Waals surface area contributed by atoms with E-state index in [1.165, 1.54) is 9.25 Å². The van der Waals surface area contributed by atoms with Gasteiger partial charge in [0.05, 0.1) is 0 Å². The van der Waals surface area contributed by atoms with Gasteiger partial charge in [-0.05, 0) is 18.8 Å². The molecule has 1 fully saturated rings. The Balaban J connectivity index is 2.40. The van der Waals surface area contributed by atoms with Crippen LogP contribution in [0.5, 0.6) is 0 Å². The lowest BCUT2D eigenvalue weighted by Gasteiger charge is -1.93. The molecule has 1 heterocycles. The standard InChI is InChI=1S/C7H11N3O2/c1-9-7(12)10(6(11)8-9)4-5-2-3-5/h5H,2-4H2,1H3,(H,8,11). The minimum absolute atomic E-state index is 0.244. The topological polar surface area (TPSA) is 59.8 Å². The monoisotopic (exact) mass is 169 g/mol. The maximum atomic E-state index is 11.2. The van der Waals surface area contributed by atoms with Crippen LogP contribution in [0.2, 0.25) is 0 Å². The summed E-state index contributed by atoms with van der Waals surface area (Å²) in [5.41, 5.74) is -0.540. The molecule has 1 aromatic heterocycles. The van der Waals surface area contributed by atoms with Crippen LogP contribution in [0.25, 0.3) is 0 Å². The van der Waals surface area contributed by atoms with Crippen molar-refractivity contribution in [3.8, 4) is 0 Å². The second kappa shape index (κ2) is 2.36. The van der Waals surface area contributed by atoms with Gasteiger partial charge in [0.25, 0.3) is 0 Å². The van der Waals surface area contributed by atoms with Gasteiger partial charge in [-0.15, -0.1) is 0 Å². The summed E-state index contributed by atoms with van der Waals surface area (Å²) in [6.07, 6.45) is 2.28. The van der Waals surface area contributed by atoms with E-state index in [9.17, 15) is 9.59 Å². The van der Waals surface area contributed by atoms with E-state index in [-0.39, 0.29) is 11.4 Å². The maximum Gasteiger partial charge on any atom is 0.346 e. The molecule has 0 atom stereocenters. The van der Waals surface area contributed by atoms with Crippen LogP contribution in [0.4, 0.5) is 0 Å². The fourth-order valence-electron chi connectivity index (χ4n) is 1.24. The van der Waals surface area contributed by atoms with Gasteiger partial charge in [0.2, 0.25) is 0 Å². The van der Waals surface area contributed by atoms with Crippen LogP contribution in [0.1, 0.15) is 12.8 Å². The molecule has 1 aliphatic rings. The summed E-state index contributed by atoms with van der Waals surface area (Å²) >= 11 is 0. The Bertz CT molecular complexity index is 394. The summed E-state index contributed by atoms with van der Waals surface area (Å²) in [5, 5.41) is 2.42. The van der Waals surface area contributed by atoms with E-state index in [1.54, 1.807) is 7.05 Å². The summed E-state index contributed by atoms with van der Waals surface area (Å²) in [6, 6.07) is 0. The van der Waals surface area contributed by atoms with Crippen molar-refractivity contribution in [2.45, 2.75) is 19.4 Å². The number of nitrogens with zero attached hydrogens (tertiary/aromatic N) is 2. The van der Waals surface area contributed by atoms with Crippen LogP contribution in [-0.4, -0.2) is 14.3 Å². The van der Waals surface area contributed by atoms with Gasteiger partial charge in [-0.25, -0.2) is 23.9 Å². The number of aromatic amines is 1. The van der Waals surface area contributed by atoms with E-state index < -0.39 is 0 Å². The number of hydrogen-bond acceptors (Lipinski definition) is 2. The first-order valence-corrected chi connectivity index (χ1v) is 4.04. The van der Waals surface area contributed by atoms with Crippen molar-refractivity contribution in [3.05, 3.63) is 21.0 Å². The van der Waals surface area contributed by atoms with Crippen LogP contribution in [0.15, 0.2) is 9.59 Å². The summed E-state index contributed by atoms with van der Waals surface area (Å²) in [4.78, 5) is 22.4. The van der Waals surface area contributed by atoms with Gasteiger partial charge < -0.3 is 0 Å². The molecule has 0 aromatic carbocycles. The van der Waals surface area contributed by atoms with E-state index >= 15 is 0 Å². The summed E-state index contributed by atoms with van der Waals surface area (Å²) in [6.45, 7) is 0.578. The third kappa shape index (κ3) is 1.11. The second-order valence-electron chi connectivity index (χ2n) is 3.31. The number of hydrogen-bond donors (Lipinski definition) is 1. The quantitative estimate of drug-likeness (QED) is 0.635. The molecule has 0 radical (unpaired) electrons. The van der Waals surface area contributed by atoms with Gasteiger partial charge in [-0.1, -0.05) is 0 Å². The van der Waals surface area contributed by atoms with Crippen LogP contribution in [0.3, 0.4) is 0 Å². The fourth-order valence-corrected chi connectivity index (χ4v) is 1.24. The zero-order valence-electron chi connectivity index (χ0n) is 6.91. The lowest BCUT2D eigenvalue weighted by atomic mass is 10.4. The molecule has 0 amide bonds. The first-order valence-electron chi connectivity index (χ1n) is 4.04. The van der Waals surface area contributed by atoms with Crippen molar-refractivity contribution in [1.29, 1.82) is 0 Å². The van der Waals surface area contributed by atoms with Gasteiger partial charge in [0.1, 0.15) is 0 Å². The molecule has 1 aromatic rings. The number of aromatic nitrogens is 3. The lowest BCUT2D eigenvalue weighted by Crippen LogP contribution is -2.28. The van der Waals surface area contributed by atoms with Crippen LogP contribution >= 0.6 is 0 Å². The Morgan fingerprint density at radius 3 is 2.58 bits per heavy atom. The second-order valence-corrected chi connectivity index (χ2v) is 3.31. The minimum atomic E-state index is -0.297. The van der Waals surface area contributed by atoms with Crippen molar-refractivity contribution >= 4 is 0 Å². The molecule has 5 heteroatoms. The van der Waals surface area contributed by atoms with Gasteiger partial charge in [-0.2, -0.15) is 0 Å². The third-order valence-electron chi connectivity index (χ3n) is 2.16. The van der Waals surface area contributed by atoms with Crippen molar-refractivity contribution in [3.63, 3.8) is 0 Å². The largest absolute Gasteiger partial charge is 0.346 e. The Labute approximate surface area is 68.6 Å². The van der Waals surface area contributed by atoms with Crippen molar-refractivity contribution in [2.24, 2.45) is 13.0 Å². The van der Waals surface area contributed by atoms with Crippen LogP contribution < -0.4 is 11.4 Å². The van der Waals surface area contributed by atoms with Crippen LogP contribution in [-0.2, 0) is 13.6 Å². The zero-order chi connectivity index (χ0) is 8.72. The number of nitrogens with one attached hydrogen (secondary N) is 1. The van der Waals surface area contributed by atoms with Crippen LogP contribution in [0, 0.1) is 5.92 Å². The Hall–Kier alpha value is -1.26. The maximum absolute atomic E-state index is 11.2. The number of H-pyrrole nitrogens is 1. The highest BCUT2D eigenvalue weighted by atomic mass is 16.2. The molecule has 1 N–H and O–H groups in total.